The molecule has 1 fully saturated rings. The minimum absolute atomic E-state index is 0.159. The Balaban J connectivity index is 2.32. The summed E-state index contributed by atoms with van der Waals surface area (Å²) < 4.78 is 0. The van der Waals surface area contributed by atoms with E-state index in [4.69, 9.17) is 0 Å². The fourth-order valence-corrected chi connectivity index (χ4v) is 2.75. The minimum Gasteiger partial charge on any atom is -0.389 e. The minimum atomic E-state index is -0.912. The average Bonchev–Trinajstić information content (AvgIpc) is 2.80. The molecule has 1 aromatic carbocycles. The van der Waals surface area contributed by atoms with E-state index in [1.165, 1.54) is 0 Å². The molecule has 1 amide bonds. The highest BCUT2D eigenvalue weighted by molar-refractivity contribution is 8.18. The van der Waals surface area contributed by atoms with Crippen LogP contribution < -0.4 is 5.32 Å². The molecule has 1 aromatic rings. The number of carbonyl (C=O) groups is 1. The maximum Gasteiger partial charge on any atom is 0.289 e. The lowest BCUT2D eigenvalue weighted by Crippen LogP contribution is -2.26. The fourth-order valence-electron chi connectivity index (χ4n) is 2.00. The summed E-state index contributed by atoms with van der Waals surface area (Å²) in [6.07, 6.45) is 3.73. The van der Waals surface area contributed by atoms with Crippen LogP contribution in [-0.4, -0.2) is 41.6 Å². The van der Waals surface area contributed by atoms with E-state index in [1.807, 2.05) is 37.4 Å². The second kappa shape index (κ2) is 7.10. The SMILES string of the molecule is CN=Cc1cc(/C=C2\SC(=O)NC2=NCC(C)(C)O)ccc1C. The Hall–Kier alpha value is -1.92. The van der Waals surface area contributed by atoms with Crippen molar-refractivity contribution in [2.24, 2.45) is 9.98 Å². The van der Waals surface area contributed by atoms with Crippen molar-refractivity contribution in [3.8, 4) is 0 Å². The van der Waals surface area contributed by atoms with E-state index in [0.29, 0.717) is 5.84 Å². The molecule has 6 heteroatoms. The second-order valence-electron chi connectivity index (χ2n) is 6.00. The van der Waals surface area contributed by atoms with Gasteiger partial charge in [-0.1, -0.05) is 12.1 Å². The van der Waals surface area contributed by atoms with Crippen LogP contribution in [0, 0.1) is 6.92 Å². The Bertz CT molecular complexity index is 700. The van der Waals surface area contributed by atoms with Gasteiger partial charge in [0.2, 0.25) is 0 Å². The van der Waals surface area contributed by atoms with Crippen LogP contribution in [0.25, 0.3) is 6.08 Å². The first-order valence-electron chi connectivity index (χ1n) is 7.29. The highest BCUT2D eigenvalue weighted by Gasteiger charge is 2.24. The molecule has 1 aliphatic heterocycles. The highest BCUT2D eigenvalue weighted by Crippen LogP contribution is 2.27. The van der Waals surface area contributed by atoms with E-state index in [2.05, 4.69) is 15.3 Å². The molecule has 0 aromatic heterocycles. The Kier molecular flexibility index (Phi) is 5.38. The summed E-state index contributed by atoms with van der Waals surface area (Å²) in [7, 11) is 1.74. The number of aliphatic imine (C=N–C) groups is 2. The molecule has 23 heavy (non-hydrogen) atoms. The molecule has 122 valence electrons. The van der Waals surface area contributed by atoms with Crippen molar-refractivity contribution < 1.29 is 9.90 Å². The molecule has 2 rings (SSSR count). The first-order valence-corrected chi connectivity index (χ1v) is 8.11. The van der Waals surface area contributed by atoms with Gasteiger partial charge in [-0.3, -0.25) is 14.8 Å². The van der Waals surface area contributed by atoms with Gasteiger partial charge >= 0.3 is 0 Å². The van der Waals surface area contributed by atoms with Gasteiger partial charge in [0.1, 0.15) is 5.84 Å². The zero-order valence-electron chi connectivity index (χ0n) is 13.8. The molecule has 1 heterocycles. The molecule has 5 nitrogen and oxygen atoms in total. The monoisotopic (exact) mass is 331 g/mol. The van der Waals surface area contributed by atoms with Crippen molar-refractivity contribution in [2.45, 2.75) is 26.4 Å². The zero-order valence-corrected chi connectivity index (χ0v) is 14.6. The van der Waals surface area contributed by atoms with Crippen LogP contribution in [0.1, 0.15) is 30.5 Å². The lowest BCUT2D eigenvalue weighted by atomic mass is 10.1. The van der Waals surface area contributed by atoms with E-state index in [9.17, 15) is 9.90 Å². The number of amides is 1. The summed E-state index contributed by atoms with van der Waals surface area (Å²) in [5.41, 5.74) is 2.24. The third kappa shape index (κ3) is 5.04. The van der Waals surface area contributed by atoms with Crippen LogP contribution in [0.15, 0.2) is 33.1 Å². The number of thioether (sulfide) groups is 1. The van der Waals surface area contributed by atoms with Crippen molar-refractivity contribution in [3.63, 3.8) is 0 Å². The number of carbonyl (C=O) groups excluding carboxylic acids is 1. The molecule has 0 unspecified atom stereocenters. The number of benzene rings is 1. The average molecular weight is 331 g/mol. The predicted octanol–water partition coefficient (Wildman–Crippen LogP) is 3.01. The van der Waals surface area contributed by atoms with Crippen molar-refractivity contribution >= 4 is 35.1 Å². The normalized spacial score (nSPS) is 19.1. The van der Waals surface area contributed by atoms with Gasteiger partial charge in [-0.05, 0) is 61.4 Å². The predicted molar refractivity (Wildman–Crippen MR) is 97.4 cm³/mol. The first-order chi connectivity index (χ1) is 10.8. The van der Waals surface area contributed by atoms with E-state index in [1.54, 1.807) is 20.9 Å². The van der Waals surface area contributed by atoms with Gasteiger partial charge in [0.25, 0.3) is 5.24 Å². The van der Waals surface area contributed by atoms with E-state index in [-0.39, 0.29) is 11.8 Å². The first kappa shape index (κ1) is 17.4. The van der Waals surface area contributed by atoms with Crippen molar-refractivity contribution in [1.82, 2.24) is 5.32 Å². The van der Waals surface area contributed by atoms with Crippen LogP contribution in [-0.2, 0) is 0 Å². The van der Waals surface area contributed by atoms with Gasteiger partial charge in [-0.25, -0.2) is 0 Å². The summed E-state index contributed by atoms with van der Waals surface area (Å²) in [5, 5.41) is 12.3. The Morgan fingerprint density at radius 2 is 2.13 bits per heavy atom. The number of hydrogen-bond donors (Lipinski definition) is 2. The zero-order chi connectivity index (χ0) is 17.0. The Labute approximate surface area is 140 Å². The van der Waals surface area contributed by atoms with Gasteiger partial charge in [-0.2, -0.15) is 0 Å². The number of nitrogens with one attached hydrogen (secondary N) is 1. The summed E-state index contributed by atoms with van der Waals surface area (Å²) in [6, 6.07) is 6.03. The van der Waals surface area contributed by atoms with Gasteiger partial charge in [0.15, 0.2) is 0 Å². The lowest BCUT2D eigenvalue weighted by molar-refractivity contribution is 0.0904. The fraction of sp³-hybridized carbons (Fsp3) is 0.353. The number of aryl methyl sites for hydroxylation is 1. The standard InChI is InChI=1S/C17H21N3O2S/c1-11-5-6-12(7-13(11)9-18-4)8-14-15(20-16(21)23-14)19-10-17(2,3)22/h5-9,22H,10H2,1-4H3,(H,19,20,21)/b14-8-,18-9?. The summed E-state index contributed by atoms with van der Waals surface area (Å²) in [4.78, 5) is 20.8. The number of aliphatic hydroxyl groups is 1. The largest absolute Gasteiger partial charge is 0.389 e. The molecule has 0 bridgehead atoms. The molecule has 0 spiro atoms. The molecule has 0 atom stereocenters. The quantitative estimate of drug-likeness (QED) is 0.833. The summed E-state index contributed by atoms with van der Waals surface area (Å²) >= 11 is 1.11. The molecule has 1 saturated heterocycles. The Morgan fingerprint density at radius 3 is 2.78 bits per heavy atom. The molecule has 0 saturated carbocycles. The van der Waals surface area contributed by atoms with E-state index in [0.717, 1.165) is 33.4 Å². The maximum absolute atomic E-state index is 11.6. The van der Waals surface area contributed by atoms with Crippen molar-refractivity contribution in [1.29, 1.82) is 0 Å². The van der Waals surface area contributed by atoms with Crippen LogP contribution >= 0.6 is 11.8 Å². The van der Waals surface area contributed by atoms with Gasteiger partial charge in [0, 0.05) is 13.3 Å². The van der Waals surface area contributed by atoms with Gasteiger partial charge in [0.05, 0.1) is 17.1 Å². The molecular weight excluding hydrogens is 310 g/mol. The second-order valence-corrected chi connectivity index (χ2v) is 7.02. The molecule has 1 aliphatic rings. The molecule has 0 aliphatic carbocycles. The number of hydrogen-bond acceptors (Lipinski definition) is 5. The number of rotatable bonds is 4. The Morgan fingerprint density at radius 1 is 1.39 bits per heavy atom. The topological polar surface area (TPSA) is 74.0 Å². The van der Waals surface area contributed by atoms with Crippen LogP contribution in [0.5, 0.6) is 0 Å². The van der Waals surface area contributed by atoms with Crippen LogP contribution in [0.4, 0.5) is 4.79 Å². The summed E-state index contributed by atoms with van der Waals surface area (Å²) in [5.74, 6) is 0.508. The van der Waals surface area contributed by atoms with E-state index < -0.39 is 5.60 Å². The number of amidine groups is 1. The third-order valence-corrected chi connectivity index (χ3v) is 3.97. The molecule has 0 radical (unpaired) electrons. The van der Waals surface area contributed by atoms with Crippen molar-refractivity contribution in [3.05, 3.63) is 39.8 Å². The van der Waals surface area contributed by atoms with Crippen LogP contribution in [0.2, 0.25) is 0 Å². The van der Waals surface area contributed by atoms with Gasteiger partial charge < -0.3 is 10.4 Å². The van der Waals surface area contributed by atoms with E-state index >= 15 is 0 Å². The highest BCUT2D eigenvalue weighted by atomic mass is 32.2. The molecular formula is C17H21N3O2S. The summed E-state index contributed by atoms with van der Waals surface area (Å²) in [6.45, 7) is 5.61. The smallest absolute Gasteiger partial charge is 0.289 e. The number of nitrogens with zero attached hydrogens (tertiary/aromatic N) is 2. The molecule has 2 N–H and O–H groups in total. The maximum atomic E-state index is 11.6. The third-order valence-electron chi connectivity index (χ3n) is 3.15. The van der Waals surface area contributed by atoms with Crippen LogP contribution in [0.3, 0.4) is 0 Å². The van der Waals surface area contributed by atoms with Crippen molar-refractivity contribution in [2.75, 3.05) is 13.6 Å². The lowest BCUT2D eigenvalue weighted by Gasteiger charge is -2.13. The van der Waals surface area contributed by atoms with Gasteiger partial charge in [-0.15, -0.1) is 0 Å².